The highest BCUT2D eigenvalue weighted by molar-refractivity contribution is 5.34. The Morgan fingerprint density at radius 1 is 1.15 bits per heavy atom. The van der Waals surface area contributed by atoms with E-state index in [9.17, 15) is 18.3 Å². The first-order valence-electron chi connectivity index (χ1n) is 6.04. The van der Waals surface area contributed by atoms with Crippen molar-refractivity contribution < 1.29 is 18.3 Å². The van der Waals surface area contributed by atoms with E-state index in [-0.39, 0.29) is 5.69 Å². The molecule has 0 spiro atoms. The van der Waals surface area contributed by atoms with E-state index in [2.05, 4.69) is 5.10 Å². The number of hydrogen-bond acceptors (Lipinski definition) is 2. The lowest BCUT2D eigenvalue weighted by Gasteiger charge is -2.25. The summed E-state index contributed by atoms with van der Waals surface area (Å²) in [5.74, 6) is 0.354. The predicted octanol–water partition coefficient (Wildman–Crippen LogP) is 2.60. The van der Waals surface area contributed by atoms with Crippen molar-refractivity contribution in [1.29, 1.82) is 0 Å². The van der Waals surface area contributed by atoms with Crippen LogP contribution >= 0.6 is 0 Å². The van der Waals surface area contributed by atoms with Gasteiger partial charge in [0.2, 0.25) is 0 Å². The summed E-state index contributed by atoms with van der Waals surface area (Å²) in [5.41, 5.74) is -1.52. The highest BCUT2D eigenvalue weighted by atomic mass is 19.4. The molecule has 7 heteroatoms. The third-order valence-electron chi connectivity index (χ3n) is 3.42. The van der Waals surface area contributed by atoms with Crippen molar-refractivity contribution in [3.63, 3.8) is 0 Å². The second-order valence-electron chi connectivity index (χ2n) is 5.03. The zero-order valence-corrected chi connectivity index (χ0v) is 11.7. The van der Waals surface area contributed by atoms with Gasteiger partial charge in [-0.25, -0.2) is 0 Å². The van der Waals surface area contributed by atoms with Crippen LogP contribution in [0.5, 0.6) is 0 Å². The molecular weight excluding hydrogens is 271 g/mol. The predicted molar refractivity (Wildman–Crippen MR) is 67.6 cm³/mol. The third-order valence-corrected chi connectivity index (χ3v) is 3.42. The van der Waals surface area contributed by atoms with Crippen LogP contribution in [0, 0.1) is 13.8 Å². The molecular formula is C13H16F3N3O. The summed E-state index contributed by atoms with van der Waals surface area (Å²) in [6, 6.07) is 4.96. The van der Waals surface area contributed by atoms with Crippen molar-refractivity contribution in [3.8, 4) is 5.82 Å². The Hall–Kier alpha value is -1.76. The molecule has 0 saturated heterocycles. The number of aryl methyl sites for hydroxylation is 3. The number of rotatable bonds is 2. The van der Waals surface area contributed by atoms with Crippen LogP contribution in [0.3, 0.4) is 0 Å². The summed E-state index contributed by atoms with van der Waals surface area (Å²) in [7, 11) is 1.38. The normalized spacial score (nSPS) is 15.4. The highest BCUT2D eigenvalue weighted by Crippen LogP contribution is 2.38. The minimum absolute atomic E-state index is 0.299. The van der Waals surface area contributed by atoms with Gasteiger partial charge in [-0.1, -0.05) is 0 Å². The zero-order valence-electron chi connectivity index (χ0n) is 11.7. The second kappa shape index (κ2) is 4.37. The standard InChI is InChI=1S/C13H16F3N3O/c1-8-5-6-9(2)19(8)11-7-10(18(4)17-11)12(3,20)13(14,15)16/h5-7,20H,1-4H3. The van der Waals surface area contributed by atoms with Crippen LogP contribution < -0.4 is 0 Å². The minimum Gasteiger partial charge on any atom is -0.375 e. The Balaban J connectivity index is 2.57. The van der Waals surface area contributed by atoms with Crippen LogP contribution in [-0.4, -0.2) is 25.6 Å². The summed E-state index contributed by atoms with van der Waals surface area (Å²) in [6.45, 7) is 4.40. The molecule has 2 heterocycles. The van der Waals surface area contributed by atoms with Gasteiger partial charge in [0.1, 0.15) is 0 Å². The molecule has 0 radical (unpaired) electrons. The summed E-state index contributed by atoms with van der Waals surface area (Å²) in [5, 5.41) is 13.8. The molecule has 2 rings (SSSR count). The lowest BCUT2D eigenvalue weighted by molar-refractivity contribution is -0.261. The zero-order chi connectivity index (χ0) is 15.3. The molecule has 1 unspecified atom stereocenters. The number of halogens is 3. The molecule has 4 nitrogen and oxygen atoms in total. The molecule has 1 atom stereocenters. The summed E-state index contributed by atoms with van der Waals surface area (Å²) in [4.78, 5) is 0. The van der Waals surface area contributed by atoms with Crippen LogP contribution in [0.25, 0.3) is 5.82 Å². The van der Waals surface area contributed by atoms with E-state index < -0.39 is 11.8 Å². The fourth-order valence-electron chi connectivity index (χ4n) is 2.19. The number of aromatic nitrogens is 3. The molecule has 0 amide bonds. The second-order valence-corrected chi connectivity index (χ2v) is 5.03. The lowest BCUT2D eigenvalue weighted by atomic mass is 10.0. The first-order valence-corrected chi connectivity index (χ1v) is 6.04. The van der Waals surface area contributed by atoms with Gasteiger partial charge in [-0.15, -0.1) is 0 Å². The van der Waals surface area contributed by atoms with Gasteiger partial charge in [0.05, 0.1) is 5.69 Å². The third kappa shape index (κ3) is 2.11. The van der Waals surface area contributed by atoms with E-state index in [4.69, 9.17) is 0 Å². The molecule has 0 saturated carbocycles. The van der Waals surface area contributed by atoms with Gasteiger partial charge in [-0.2, -0.15) is 18.3 Å². The Morgan fingerprint density at radius 3 is 2.10 bits per heavy atom. The maximum Gasteiger partial charge on any atom is 0.422 e. The van der Waals surface area contributed by atoms with Gasteiger partial charge in [0.25, 0.3) is 0 Å². The number of aliphatic hydroxyl groups is 1. The topological polar surface area (TPSA) is 43.0 Å². The smallest absolute Gasteiger partial charge is 0.375 e. The molecule has 0 aliphatic carbocycles. The SMILES string of the molecule is Cc1ccc(C)n1-c1cc(C(C)(O)C(F)(F)F)n(C)n1. The van der Waals surface area contributed by atoms with Gasteiger partial charge >= 0.3 is 6.18 Å². The summed E-state index contributed by atoms with van der Waals surface area (Å²) in [6.07, 6.45) is -4.77. The fraction of sp³-hybridized carbons (Fsp3) is 0.462. The first-order chi connectivity index (χ1) is 9.05. The summed E-state index contributed by atoms with van der Waals surface area (Å²) < 4.78 is 41.5. The molecule has 2 aromatic heterocycles. The molecule has 110 valence electrons. The number of alkyl halides is 3. The minimum atomic E-state index is -4.77. The van der Waals surface area contributed by atoms with Crippen molar-refractivity contribution in [2.24, 2.45) is 7.05 Å². The number of nitrogens with zero attached hydrogens (tertiary/aromatic N) is 3. The molecule has 2 aromatic rings. The van der Waals surface area contributed by atoms with Gasteiger partial charge < -0.3 is 9.67 Å². The monoisotopic (exact) mass is 287 g/mol. The average molecular weight is 287 g/mol. The highest BCUT2D eigenvalue weighted by Gasteiger charge is 2.53. The van der Waals surface area contributed by atoms with Gasteiger partial charge in [0, 0.05) is 24.5 Å². The maximum absolute atomic E-state index is 12.9. The van der Waals surface area contributed by atoms with Crippen molar-refractivity contribution in [1.82, 2.24) is 14.3 Å². The van der Waals surface area contributed by atoms with Crippen LogP contribution in [0.15, 0.2) is 18.2 Å². The average Bonchev–Trinajstić information content (AvgIpc) is 2.81. The van der Waals surface area contributed by atoms with Crippen molar-refractivity contribution in [2.75, 3.05) is 0 Å². The molecule has 0 aliphatic rings. The first kappa shape index (κ1) is 14.6. The molecule has 1 N–H and O–H groups in total. The Labute approximate surface area is 114 Å². The molecule has 0 bridgehead atoms. The summed E-state index contributed by atoms with van der Waals surface area (Å²) >= 11 is 0. The fourth-order valence-corrected chi connectivity index (χ4v) is 2.19. The quantitative estimate of drug-likeness (QED) is 0.922. The maximum atomic E-state index is 12.9. The van der Waals surface area contributed by atoms with Crippen LogP contribution in [-0.2, 0) is 12.6 Å². The van der Waals surface area contributed by atoms with Gasteiger partial charge in [-0.05, 0) is 32.9 Å². The van der Waals surface area contributed by atoms with E-state index in [1.54, 1.807) is 4.57 Å². The Bertz CT molecular complexity index is 618. The van der Waals surface area contributed by atoms with E-state index in [1.165, 1.54) is 13.1 Å². The Kier molecular flexibility index (Phi) is 3.20. The van der Waals surface area contributed by atoms with Crippen LogP contribution in [0.4, 0.5) is 13.2 Å². The van der Waals surface area contributed by atoms with Crippen LogP contribution in [0.2, 0.25) is 0 Å². The largest absolute Gasteiger partial charge is 0.422 e. The molecule has 0 fully saturated rings. The van der Waals surface area contributed by atoms with E-state index in [1.807, 2.05) is 26.0 Å². The van der Waals surface area contributed by atoms with Gasteiger partial charge in [0.15, 0.2) is 11.4 Å². The van der Waals surface area contributed by atoms with E-state index in [0.717, 1.165) is 23.0 Å². The Morgan fingerprint density at radius 2 is 1.65 bits per heavy atom. The molecule has 0 aliphatic heterocycles. The lowest BCUT2D eigenvalue weighted by Crippen LogP contribution is -2.40. The van der Waals surface area contributed by atoms with Crippen molar-refractivity contribution in [2.45, 2.75) is 32.5 Å². The van der Waals surface area contributed by atoms with E-state index in [0.29, 0.717) is 5.82 Å². The van der Waals surface area contributed by atoms with Gasteiger partial charge in [-0.3, -0.25) is 4.68 Å². The van der Waals surface area contributed by atoms with E-state index >= 15 is 0 Å². The number of hydrogen-bond donors (Lipinski definition) is 1. The molecule has 0 aromatic carbocycles. The van der Waals surface area contributed by atoms with Crippen molar-refractivity contribution >= 4 is 0 Å². The van der Waals surface area contributed by atoms with Crippen LogP contribution in [0.1, 0.15) is 24.0 Å². The molecule has 20 heavy (non-hydrogen) atoms. The van der Waals surface area contributed by atoms with Crippen molar-refractivity contribution in [3.05, 3.63) is 35.3 Å².